The standard InChI is InChI=1S/C14H12BF2NO3/c16-11-4-1-9(2-5-11)8-18-14(19)12-7-10(15(20)21)3-6-13(12)17/h1-7,20-21H,8H2,(H,18,19). The SMILES string of the molecule is O=C(NCc1ccc(F)cc1)c1cc(B(O)O)ccc1F. The predicted molar refractivity (Wildman–Crippen MR) is 73.8 cm³/mol. The van der Waals surface area contributed by atoms with Gasteiger partial charge in [-0.05, 0) is 35.3 Å². The van der Waals surface area contributed by atoms with Crippen LogP contribution < -0.4 is 10.8 Å². The van der Waals surface area contributed by atoms with Crippen LogP contribution in [0.25, 0.3) is 0 Å². The van der Waals surface area contributed by atoms with Crippen LogP contribution >= 0.6 is 0 Å². The largest absolute Gasteiger partial charge is 0.488 e. The first-order valence-corrected chi connectivity index (χ1v) is 6.15. The highest BCUT2D eigenvalue weighted by Gasteiger charge is 2.17. The molecule has 1 amide bonds. The molecule has 0 spiro atoms. The molecule has 2 aromatic carbocycles. The first kappa shape index (κ1) is 15.1. The number of carbonyl (C=O) groups excluding carboxylic acids is 1. The number of nitrogens with one attached hydrogen (secondary N) is 1. The Morgan fingerprint density at radius 1 is 1.10 bits per heavy atom. The van der Waals surface area contributed by atoms with E-state index in [1.54, 1.807) is 0 Å². The minimum absolute atomic E-state index is 0.0170. The molecule has 0 fully saturated rings. The molecule has 0 bridgehead atoms. The third kappa shape index (κ3) is 3.87. The zero-order valence-corrected chi connectivity index (χ0v) is 10.9. The lowest BCUT2D eigenvalue weighted by Crippen LogP contribution is -2.32. The molecule has 0 aliphatic heterocycles. The van der Waals surface area contributed by atoms with E-state index in [1.165, 1.54) is 30.3 Å². The van der Waals surface area contributed by atoms with Crippen LogP contribution in [0, 0.1) is 11.6 Å². The summed E-state index contributed by atoms with van der Waals surface area (Å²) in [6.45, 7) is 0.102. The maximum atomic E-state index is 13.6. The van der Waals surface area contributed by atoms with E-state index in [-0.39, 0.29) is 23.4 Å². The van der Waals surface area contributed by atoms with Gasteiger partial charge in [0, 0.05) is 6.54 Å². The highest BCUT2D eigenvalue weighted by Crippen LogP contribution is 2.07. The molecule has 0 heterocycles. The van der Waals surface area contributed by atoms with Crippen LogP contribution in [0.1, 0.15) is 15.9 Å². The van der Waals surface area contributed by atoms with Crippen molar-refractivity contribution in [3.05, 3.63) is 65.2 Å². The highest BCUT2D eigenvalue weighted by molar-refractivity contribution is 6.58. The van der Waals surface area contributed by atoms with E-state index in [4.69, 9.17) is 10.0 Å². The van der Waals surface area contributed by atoms with Crippen molar-refractivity contribution >= 4 is 18.5 Å². The zero-order chi connectivity index (χ0) is 15.4. The van der Waals surface area contributed by atoms with Crippen LogP contribution in [0.4, 0.5) is 8.78 Å². The second kappa shape index (κ2) is 6.47. The average molecular weight is 291 g/mol. The van der Waals surface area contributed by atoms with Gasteiger partial charge in [0.1, 0.15) is 11.6 Å². The molecule has 7 heteroatoms. The highest BCUT2D eigenvalue weighted by atomic mass is 19.1. The van der Waals surface area contributed by atoms with Crippen molar-refractivity contribution in [2.24, 2.45) is 0 Å². The van der Waals surface area contributed by atoms with Crippen molar-refractivity contribution < 1.29 is 23.6 Å². The van der Waals surface area contributed by atoms with Crippen molar-refractivity contribution in [3.63, 3.8) is 0 Å². The number of hydrogen-bond acceptors (Lipinski definition) is 3. The number of benzene rings is 2. The Balaban J connectivity index is 2.09. The van der Waals surface area contributed by atoms with E-state index < -0.39 is 18.8 Å². The van der Waals surface area contributed by atoms with Gasteiger partial charge >= 0.3 is 7.12 Å². The second-order valence-electron chi connectivity index (χ2n) is 4.42. The van der Waals surface area contributed by atoms with Gasteiger partial charge in [-0.1, -0.05) is 18.2 Å². The fraction of sp³-hybridized carbons (Fsp3) is 0.0714. The van der Waals surface area contributed by atoms with Crippen molar-refractivity contribution in [1.82, 2.24) is 5.32 Å². The smallest absolute Gasteiger partial charge is 0.423 e. The third-order valence-electron chi connectivity index (χ3n) is 2.90. The molecule has 0 aliphatic rings. The average Bonchev–Trinajstić information content (AvgIpc) is 2.46. The zero-order valence-electron chi connectivity index (χ0n) is 10.9. The number of rotatable bonds is 4. The maximum absolute atomic E-state index is 13.6. The number of hydrogen-bond donors (Lipinski definition) is 3. The summed E-state index contributed by atoms with van der Waals surface area (Å²) in [6.07, 6.45) is 0. The van der Waals surface area contributed by atoms with Gasteiger partial charge in [0.05, 0.1) is 5.56 Å². The van der Waals surface area contributed by atoms with Crippen molar-refractivity contribution in [2.75, 3.05) is 0 Å². The fourth-order valence-corrected chi connectivity index (χ4v) is 1.76. The van der Waals surface area contributed by atoms with E-state index in [1.807, 2.05) is 0 Å². The number of halogens is 2. The maximum Gasteiger partial charge on any atom is 0.488 e. The minimum Gasteiger partial charge on any atom is -0.423 e. The first-order chi connectivity index (χ1) is 9.97. The fourth-order valence-electron chi connectivity index (χ4n) is 1.76. The molecule has 21 heavy (non-hydrogen) atoms. The van der Waals surface area contributed by atoms with E-state index in [0.717, 1.165) is 12.1 Å². The molecular weight excluding hydrogens is 279 g/mol. The molecule has 0 unspecified atom stereocenters. The summed E-state index contributed by atoms with van der Waals surface area (Å²) in [4.78, 5) is 11.9. The topological polar surface area (TPSA) is 69.6 Å². The van der Waals surface area contributed by atoms with E-state index in [2.05, 4.69) is 5.32 Å². The van der Waals surface area contributed by atoms with Crippen LogP contribution in [0.15, 0.2) is 42.5 Å². The van der Waals surface area contributed by atoms with Gasteiger partial charge in [-0.25, -0.2) is 8.78 Å². The summed E-state index contributed by atoms with van der Waals surface area (Å²) in [5.74, 6) is -1.85. The van der Waals surface area contributed by atoms with E-state index >= 15 is 0 Å². The van der Waals surface area contributed by atoms with Crippen molar-refractivity contribution in [3.8, 4) is 0 Å². The molecule has 0 saturated carbocycles. The van der Waals surface area contributed by atoms with Crippen LogP contribution in [-0.2, 0) is 6.54 Å². The van der Waals surface area contributed by atoms with Gasteiger partial charge < -0.3 is 15.4 Å². The molecule has 2 aromatic rings. The predicted octanol–water partition coefficient (Wildman–Crippen LogP) is 0.575. The third-order valence-corrected chi connectivity index (χ3v) is 2.90. The van der Waals surface area contributed by atoms with Gasteiger partial charge in [0.25, 0.3) is 5.91 Å². The van der Waals surface area contributed by atoms with Gasteiger partial charge in [-0.2, -0.15) is 0 Å². The summed E-state index contributed by atoms with van der Waals surface area (Å²) in [7, 11) is -1.78. The van der Waals surface area contributed by atoms with Gasteiger partial charge in [0.15, 0.2) is 0 Å². The lowest BCUT2D eigenvalue weighted by molar-refractivity contribution is 0.0947. The molecule has 0 aromatic heterocycles. The molecule has 3 N–H and O–H groups in total. The second-order valence-corrected chi connectivity index (χ2v) is 4.42. The monoisotopic (exact) mass is 291 g/mol. The van der Waals surface area contributed by atoms with Gasteiger partial charge in [0.2, 0.25) is 0 Å². The summed E-state index contributed by atoms with van der Waals surface area (Å²) in [5, 5.41) is 20.5. The summed E-state index contributed by atoms with van der Waals surface area (Å²) >= 11 is 0. The molecule has 0 atom stereocenters. The molecule has 0 aliphatic carbocycles. The molecule has 108 valence electrons. The first-order valence-electron chi connectivity index (χ1n) is 6.15. The van der Waals surface area contributed by atoms with Gasteiger partial charge in [-0.15, -0.1) is 0 Å². The molecule has 0 saturated heterocycles. The van der Waals surface area contributed by atoms with Gasteiger partial charge in [-0.3, -0.25) is 4.79 Å². The van der Waals surface area contributed by atoms with Crippen LogP contribution in [0.5, 0.6) is 0 Å². The molecular formula is C14H12BF2NO3. The number of carbonyl (C=O) groups is 1. The molecule has 0 radical (unpaired) electrons. The van der Waals surface area contributed by atoms with Crippen molar-refractivity contribution in [2.45, 2.75) is 6.54 Å². The number of amides is 1. The lowest BCUT2D eigenvalue weighted by atomic mass is 9.79. The molecule has 4 nitrogen and oxygen atoms in total. The van der Waals surface area contributed by atoms with Crippen LogP contribution in [0.3, 0.4) is 0 Å². The van der Waals surface area contributed by atoms with E-state index in [9.17, 15) is 13.6 Å². The normalized spacial score (nSPS) is 10.3. The van der Waals surface area contributed by atoms with E-state index in [0.29, 0.717) is 5.56 Å². The summed E-state index contributed by atoms with van der Waals surface area (Å²) < 4.78 is 26.3. The van der Waals surface area contributed by atoms with Crippen LogP contribution in [0.2, 0.25) is 0 Å². The Kier molecular flexibility index (Phi) is 4.67. The summed E-state index contributed by atoms with van der Waals surface area (Å²) in [6, 6.07) is 8.74. The Labute approximate surface area is 120 Å². The Morgan fingerprint density at radius 3 is 2.38 bits per heavy atom. The Hall–Kier alpha value is -2.25. The van der Waals surface area contributed by atoms with Crippen LogP contribution in [-0.4, -0.2) is 23.1 Å². The molecule has 2 rings (SSSR count). The quantitative estimate of drug-likeness (QED) is 0.722. The Morgan fingerprint density at radius 2 is 1.76 bits per heavy atom. The van der Waals surface area contributed by atoms with Crippen molar-refractivity contribution in [1.29, 1.82) is 0 Å². The summed E-state index contributed by atoms with van der Waals surface area (Å²) in [5.41, 5.74) is 0.384. The minimum atomic E-state index is -1.78. The lowest BCUT2D eigenvalue weighted by Gasteiger charge is -2.08. The Bertz CT molecular complexity index is 647.